The van der Waals surface area contributed by atoms with E-state index in [1.165, 1.54) is 32.1 Å². The number of rotatable bonds is 10. The number of unbranched alkanes of at least 4 members (excludes halogenated alkanes) is 6. The Morgan fingerprint density at radius 2 is 1.95 bits per heavy atom. The molecule has 1 aromatic heterocycles. The van der Waals surface area contributed by atoms with Gasteiger partial charge in [-0.1, -0.05) is 50.7 Å². The summed E-state index contributed by atoms with van der Waals surface area (Å²) >= 11 is 0. The molecular formula is C15H26N4O. The Hall–Kier alpha value is -1.23. The van der Waals surface area contributed by atoms with E-state index in [0.29, 0.717) is 18.2 Å². The number of ketones is 1. The molecule has 1 aliphatic rings. The fraction of sp³-hybridized carbons (Fsp3) is 0.800. The van der Waals surface area contributed by atoms with Gasteiger partial charge in [-0.25, -0.2) is 4.68 Å². The fourth-order valence-corrected chi connectivity index (χ4v) is 2.41. The van der Waals surface area contributed by atoms with Crippen molar-refractivity contribution in [2.45, 2.75) is 64.3 Å². The number of nitrogens with one attached hydrogen (secondary N) is 1. The molecule has 0 atom stereocenters. The first-order chi connectivity index (χ1) is 9.81. The van der Waals surface area contributed by atoms with Crippen LogP contribution in [0.3, 0.4) is 0 Å². The quantitative estimate of drug-likeness (QED) is 0.528. The highest BCUT2D eigenvalue weighted by Gasteiger charge is 2.21. The number of hydrogen-bond acceptors (Lipinski definition) is 4. The van der Waals surface area contributed by atoms with Crippen molar-refractivity contribution in [1.29, 1.82) is 0 Å². The van der Waals surface area contributed by atoms with Crippen molar-refractivity contribution >= 4 is 5.78 Å². The Labute approximate surface area is 121 Å². The van der Waals surface area contributed by atoms with Crippen molar-refractivity contribution < 1.29 is 4.79 Å². The van der Waals surface area contributed by atoms with Gasteiger partial charge in [-0.05, 0) is 6.42 Å². The lowest BCUT2D eigenvalue weighted by molar-refractivity contribution is 0.0974. The van der Waals surface area contributed by atoms with Gasteiger partial charge >= 0.3 is 0 Å². The SMILES string of the molecule is CCCCCCCCCC(=O)c1cn(C2CNC2)nn1. The zero-order chi connectivity index (χ0) is 14.2. The van der Waals surface area contributed by atoms with Crippen LogP contribution in [-0.2, 0) is 0 Å². The lowest BCUT2D eigenvalue weighted by Crippen LogP contribution is -2.43. The Morgan fingerprint density at radius 3 is 2.60 bits per heavy atom. The van der Waals surface area contributed by atoms with E-state index >= 15 is 0 Å². The first-order valence-corrected chi connectivity index (χ1v) is 7.97. The van der Waals surface area contributed by atoms with E-state index in [1.807, 2.05) is 4.68 Å². The van der Waals surface area contributed by atoms with E-state index in [0.717, 1.165) is 25.9 Å². The first-order valence-electron chi connectivity index (χ1n) is 7.97. The second-order valence-corrected chi connectivity index (χ2v) is 5.69. The fourth-order valence-electron chi connectivity index (χ4n) is 2.41. The van der Waals surface area contributed by atoms with Crippen LogP contribution in [0.2, 0.25) is 0 Å². The number of aromatic nitrogens is 3. The molecule has 112 valence electrons. The molecule has 1 saturated heterocycles. The van der Waals surface area contributed by atoms with Gasteiger partial charge in [0.2, 0.25) is 0 Å². The summed E-state index contributed by atoms with van der Waals surface area (Å²) in [6.45, 7) is 4.08. The van der Waals surface area contributed by atoms with E-state index in [9.17, 15) is 4.79 Å². The minimum absolute atomic E-state index is 0.136. The summed E-state index contributed by atoms with van der Waals surface area (Å²) in [5.41, 5.74) is 0.530. The number of carbonyl (C=O) groups is 1. The monoisotopic (exact) mass is 278 g/mol. The Morgan fingerprint density at radius 1 is 1.25 bits per heavy atom. The molecule has 0 aliphatic carbocycles. The zero-order valence-electron chi connectivity index (χ0n) is 12.5. The Balaban J connectivity index is 1.60. The molecule has 0 spiro atoms. The molecular weight excluding hydrogens is 252 g/mol. The van der Waals surface area contributed by atoms with Gasteiger partial charge in [0.05, 0.1) is 12.2 Å². The van der Waals surface area contributed by atoms with Gasteiger partial charge in [-0.2, -0.15) is 0 Å². The molecule has 0 radical (unpaired) electrons. The molecule has 0 amide bonds. The van der Waals surface area contributed by atoms with Gasteiger partial charge < -0.3 is 5.32 Å². The third kappa shape index (κ3) is 4.40. The minimum atomic E-state index is 0.136. The van der Waals surface area contributed by atoms with Gasteiger partial charge in [0.25, 0.3) is 0 Å². The smallest absolute Gasteiger partial charge is 0.184 e. The first kappa shape index (κ1) is 15.2. The van der Waals surface area contributed by atoms with Crippen LogP contribution < -0.4 is 5.32 Å². The van der Waals surface area contributed by atoms with Crippen LogP contribution in [0, 0.1) is 0 Å². The summed E-state index contributed by atoms with van der Waals surface area (Å²) < 4.78 is 1.81. The van der Waals surface area contributed by atoms with Crippen molar-refractivity contribution in [2.24, 2.45) is 0 Å². The van der Waals surface area contributed by atoms with Gasteiger partial charge in [0, 0.05) is 19.5 Å². The second kappa shape index (κ2) is 8.15. The molecule has 5 heteroatoms. The summed E-state index contributed by atoms with van der Waals surface area (Å²) in [6.07, 6.45) is 11.0. The molecule has 2 heterocycles. The molecule has 5 nitrogen and oxygen atoms in total. The third-order valence-electron chi connectivity index (χ3n) is 3.94. The Kier molecular flexibility index (Phi) is 6.18. The Bertz CT molecular complexity index is 412. The van der Waals surface area contributed by atoms with Crippen LogP contribution in [-0.4, -0.2) is 33.9 Å². The highest BCUT2D eigenvalue weighted by molar-refractivity contribution is 5.93. The highest BCUT2D eigenvalue weighted by Crippen LogP contribution is 2.13. The van der Waals surface area contributed by atoms with Crippen LogP contribution in [0.15, 0.2) is 6.20 Å². The molecule has 0 bridgehead atoms. The van der Waals surface area contributed by atoms with Crippen molar-refractivity contribution in [1.82, 2.24) is 20.3 Å². The van der Waals surface area contributed by atoms with Gasteiger partial charge in [-0.3, -0.25) is 4.79 Å². The van der Waals surface area contributed by atoms with E-state index in [1.54, 1.807) is 6.20 Å². The maximum Gasteiger partial charge on any atom is 0.184 e. The second-order valence-electron chi connectivity index (χ2n) is 5.69. The maximum absolute atomic E-state index is 12.0. The van der Waals surface area contributed by atoms with Gasteiger partial charge in [-0.15, -0.1) is 5.10 Å². The number of Topliss-reactive ketones (excluding diaryl/α,β-unsaturated/α-hetero) is 1. The number of hydrogen-bond donors (Lipinski definition) is 1. The normalized spacial score (nSPS) is 15.2. The summed E-state index contributed by atoms with van der Waals surface area (Å²) in [5, 5.41) is 11.2. The average molecular weight is 278 g/mol. The molecule has 2 rings (SSSR count). The van der Waals surface area contributed by atoms with Crippen LogP contribution >= 0.6 is 0 Å². The molecule has 0 unspecified atom stereocenters. The van der Waals surface area contributed by atoms with Crippen molar-refractivity contribution in [3.63, 3.8) is 0 Å². The van der Waals surface area contributed by atoms with Crippen LogP contribution in [0.5, 0.6) is 0 Å². The van der Waals surface area contributed by atoms with Crippen molar-refractivity contribution in [2.75, 3.05) is 13.1 Å². The van der Waals surface area contributed by atoms with Crippen LogP contribution in [0.1, 0.15) is 74.8 Å². The molecule has 1 N–H and O–H groups in total. The highest BCUT2D eigenvalue weighted by atomic mass is 16.1. The van der Waals surface area contributed by atoms with Gasteiger partial charge in [0.1, 0.15) is 5.69 Å². The molecule has 0 aromatic carbocycles. The average Bonchev–Trinajstić information content (AvgIpc) is 2.85. The topological polar surface area (TPSA) is 59.8 Å². The maximum atomic E-state index is 12.0. The van der Waals surface area contributed by atoms with Crippen LogP contribution in [0.25, 0.3) is 0 Å². The predicted octanol–water partition coefficient (Wildman–Crippen LogP) is 2.75. The lowest BCUT2D eigenvalue weighted by atomic mass is 10.1. The molecule has 0 saturated carbocycles. The lowest BCUT2D eigenvalue weighted by Gasteiger charge is -2.26. The largest absolute Gasteiger partial charge is 0.312 e. The third-order valence-corrected chi connectivity index (χ3v) is 3.94. The van der Waals surface area contributed by atoms with E-state index < -0.39 is 0 Å². The van der Waals surface area contributed by atoms with E-state index in [4.69, 9.17) is 0 Å². The van der Waals surface area contributed by atoms with Gasteiger partial charge in [0.15, 0.2) is 5.78 Å². The van der Waals surface area contributed by atoms with E-state index in [-0.39, 0.29) is 5.78 Å². The summed E-state index contributed by atoms with van der Waals surface area (Å²) in [4.78, 5) is 12.0. The van der Waals surface area contributed by atoms with Crippen molar-refractivity contribution in [3.8, 4) is 0 Å². The van der Waals surface area contributed by atoms with Crippen LogP contribution in [0.4, 0.5) is 0 Å². The zero-order valence-corrected chi connectivity index (χ0v) is 12.5. The number of nitrogens with zero attached hydrogens (tertiary/aromatic N) is 3. The van der Waals surface area contributed by atoms with E-state index in [2.05, 4.69) is 22.6 Å². The molecule has 1 aliphatic heterocycles. The van der Waals surface area contributed by atoms with Crippen molar-refractivity contribution in [3.05, 3.63) is 11.9 Å². The predicted molar refractivity (Wildman–Crippen MR) is 78.9 cm³/mol. The molecule has 1 fully saturated rings. The molecule has 20 heavy (non-hydrogen) atoms. The molecule has 1 aromatic rings. The summed E-state index contributed by atoms with van der Waals surface area (Å²) in [7, 11) is 0. The summed E-state index contributed by atoms with van der Waals surface area (Å²) in [6, 6.07) is 0.377. The minimum Gasteiger partial charge on any atom is -0.312 e. The summed E-state index contributed by atoms with van der Waals surface area (Å²) in [5.74, 6) is 0.136. The standard InChI is InChI=1S/C15H26N4O/c1-2-3-4-5-6-7-8-9-15(20)14-12-19(18-17-14)13-10-16-11-13/h12-13,16H,2-11H2,1H3. The number of carbonyl (C=O) groups excluding carboxylic acids is 1.